The van der Waals surface area contributed by atoms with Gasteiger partial charge in [0, 0.05) is 17.9 Å². The van der Waals surface area contributed by atoms with E-state index in [4.69, 9.17) is 5.73 Å². The maximum atomic E-state index is 11.9. The molecule has 1 aliphatic rings. The lowest BCUT2D eigenvalue weighted by atomic mass is 10.1. The van der Waals surface area contributed by atoms with Crippen molar-refractivity contribution in [3.05, 3.63) is 23.8 Å². The zero-order valence-corrected chi connectivity index (χ0v) is 11.4. The lowest BCUT2D eigenvalue weighted by Gasteiger charge is -2.29. The highest BCUT2D eigenvalue weighted by Crippen LogP contribution is 2.37. The predicted octanol–water partition coefficient (Wildman–Crippen LogP) is 1.05. The molecule has 0 bridgehead atoms. The second-order valence-corrected chi connectivity index (χ2v) is 5.47. The van der Waals surface area contributed by atoms with Crippen molar-refractivity contribution in [3.8, 4) is 0 Å². The second-order valence-electron chi connectivity index (χ2n) is 4.45. The van der Waals surface area contributed by atoms with Crippen LogP contribution in [0.25, 0.3) is 0 Å². The minimum absolute atomic E-state index is 0.0245. The van der Waals surface area contributed by atoms with Gasteiger partial charge >= 0.3 is 0 Å². The number of aliphatic hydroxyl groups is 1. The Kier molecular flexibility index (Phi) is 4.11. The first-order valence-corrected chi connectivity index (χ1v) is 7.01. The number of hydrogen-bond acceptors (Lipinski definition) is 4. The van der Waals surface area contributed by atoms with Crippen LogP contribution in [0.4, 0.5) is 5.69 Å². The fourth-order valence-corrected chi connectivity index (χ4v) is 2.93. The number of primary amides is 1. The van der Waals surface area contributed by atoms with Crippen molar-refractivity contribution in [2.75, 3.05) is 17.2 Å². The molecule has 1 aromatic carbocycles. The van der Waals surface area contributed by atoms with Crippen molar-refractivity contribution in [3.63, 3.8) is 0 Å². The van der Waals surface area contributed by atoms with Crippen molar-refractivity contribution in [1.82, 2.24) is 0 Å². The van der Waals surface area contributed by atoms with Gasteiger partial charge in [0.15, 0.2) is 0 Å². The molecule has 1 heterocycles. The number of anilines is 1. The highest BCUT2D eigenvalue weighted by Gasteiger charge is 2.25. The first kappa shape index (κ1) is 13.9. The molecule has 0 saturated carbocycles. The molecule has 0 radical (unpaired) electrons. The minimum atomic E-state index is -0.539. The van der Waals surface area contributed by atoms with Gasteiger partial charge in [-0.2, -0.15) is 0 Å². The molecule has 102 valence electrons. The summed E-state index contributed by atoms with van der Waals surface area (Å²) < 4.78 is 0. The molecule has 5 nitrogen and oxygen atoms in total. The average Bonchev–Trinajstić information content (AvgIpc) is 2.36. The summed E-state index contributed by atoms with van der Waals surface area (Å²) in [6, 6.07) is 5.48. The average molecular weight is 280 g/mol. The quantitative estimate of drug-likeness (QED) is 0.863. The largest absolute Gasteiger partial charge is 0.389 e. The van der Waals surface area contributed by atoms with E-state index in [1.807, 2.05) is 12.1 Å². The van der Waals surface area contributed by atoms with Gasteiger partial charge in [0.05, 0.1) is 17.5 Å². The van der Waals surface area contributed by atoms with Gasteiger partial charge in [-0.15, -0.1) is 11.8 Å². The van der Waals surface area contributed by atoms with Crippen LogP contribution in [0.2, 0.25) is 0 Å². The monoisotopic (exact) mass is 280 g/mol. The van der Waals surface area contributed by atoms with E-state index in [2.05, 4.69) is 0 Å². The number of thioether (sulfide) groups is 1. The van der Waals surface area contributed by atoms with Gasteiger partial charge in [0.25, 0.3) is 0 Å². The zero-order chi connectivity index (χ0) is 14.0. The molecule has 0 saturated heterocycles. The van der Waals surface area contributed by atoms with Crippen molar-refractivity contribution >= 4 is 29.3 Å². The molecule has 0 aromatic heterocycles. The number of fused-ring (bicyclic) bond motifs is 1. The summed E-state index contributed by atoms with van der Waals surface area (Å²) in [6.07, 6.45) is -0.392. The van der Waals surface area contributed by atoms with Crippen LogP contribution in [-0.4, -0.2) is 29.2 Å². The van der Waals surface area contributed by atoms with E-state index in [-0.39, 0.29) is 12.3 Å². The van der Waals surface area contributed by atoms with E-state index in [1.165, 1.54) is 11.8 Å². The van der Waals surface area contributed by atoms with Crippen LogP contribution < -0.4 is 10.6 Å². The SMILES string of the molecule is CC(O)c1ccc2c(c1)SCC(=O)N2CCC(N)=O. The number of rotatable bonds is 4. The number of nitrogens with zero attached hydrogens (tertiary/aromatic N) is 1. The van der Waals surface area contributed by atoms with Gasteiger partial charge in [-0.1, -0.05) is 6.07 Å². The molecule has 1 atom stereocenters. The normalized spacial score (nSPS) is 16.1. The number of benzene rings is 1. The van der Waals surface area contributed by atoms with Crippen LogP contribution in [0.3, 0.4) is 0 Å². The third-order valence-electron chi connectivity index (χ3n) is 2.99. The van der Waals surface area contributed by atoms with Crippen molar-refractivity contribution in [2.24, 2.45) is 5.73 Å². The summed E-state index contributed by atoms with van der Waals surface area (Å²) in [5.41, 5.74) is 6.72. The van der Waals surface area contributed by atoms with Gasteiger partial charge in [-0.05, 0) is 24.6 Å². The number of nitrogens with two attached hydrogens (primary N) is 1. The van der Waals surface area contributed by atoms with E-state index >= 15 is 0 Å². The molecular weight excluding hydrogens is 264 g/mol. The summed E-state index contributed by atoms with van der Waals surface area (Å²) >= 11 is 1.45. The predicted molar refractivity (Wildman–Crippen MR) is 74.0 cm³/mol. The number of carbonyl (C=O) groups is 2. The Bertz CT molecular complexity index is 517. The number of hydrogen-bond donors (Lipinski definition) is 2. The molecule has 3 N–H and O–H groups in total. The molecule has 6 heteroatoms. The first-order chi connectivity index (χ1) is 8.99. The molecule has 1 aromatic rings. The van der Waals surface area contributed by atoms with E-state index in [0.29, 0.717) is 12.3 Å². The van der Waals surface area contributed by atoms with Gasteiger partial charge < -0.3 is 15.7 Å². The topological polar surface area (TPSA) is 83.6 Å². The Morgan fingerprint density at radius 1 is 1.58 bits per heavy atom. The Balaban J connectivity index is 2.28. The van der Waals surface area contributed by atoms with Crippen LogP contribution in [0.15, 0.2) is 23.1 Å². The van der Waals surface area contributed by atoms with E-state index in [9.17, 15) is 14.7 Å². The summed E-state index contributed by atoms with van der Waals surface area (Å²) in [6.45, 7) is 2.00. The highest BCUT2D eigenvalue weighted by molar-refractivity contribution is 8.00. The third kappa shape index (κ3) is 3.08. The Morgan fingerprint density at radius 2 is 2.32 bits per heavy atom. The van der Waals surface area contributed by atoms with Crippen molar-refractivity contribution in [2.45, 2.75) is 24.3 Å². The molecule has 19 heavy (non-hydrogen) atoms. The summed E-state index contributed by atoms with van der Waals surface area (Å²) in [5, 5.41) is 9.57. The van der Waals surface area contributed by atoms with Crippen LogP contribution in [0, 0.1) is 0 Å². The lowest BCUT2D eigenvalue weighted by molar-refractivity contribution is -0.118. The smallest absolute Gasteiger partial charge is 0.237 e. The Hall–Kier alpha value is -1.53. The van der Waals surface area contributed by atoms with Gasteiger partial charge in [0.1, 0.15) is 0 Å². The van der Waals surface area contributed by atoms with E-state index in [1.54, 1.807) is 17.9 Å². The third-order valence-corrected chi connectivity index (χ3v) is 4.02. The van der Waals surface area contributed by atoms with Crippen LogP contribution >= 0.6 is 11.8 Å². The van der Waals surface area contributed by atoms with Gasteiger partial charge in [-0.3, -0.25) is 9.59 Å². The fraction of sp³-hybridized carbons (Fsp3) is 0.385. The van der Waals surface area contributed by atoms with Crippen LogP contribution in [-0.2, 0) is 9.59 Å². The molecule has 0 aliphatic carbocycles. The Labute approximate surface area is 115 Å². The molecule has 1 aliphatic heterocycles. The molecule has 2 amide bonds. The summed E-state index contributed by atoms with van der Waals surface area (Å²) in [7, 11) is 0. The van der Waals surface area contributed by atoms with E-state index < -0.39 is 12.0 Å². The van der Waals surface area contributed by atoms with Crippen molar-refractivity contribution in [1.29, 1.82) is 0 Å². The maximum Gasteiger partial charge on any atom is 0.237 e. The summed E-state index contributed by atoms with van der Waals surface area (Å²) in [5.74, 6) is -0.105. The van der Waals surface area contributed by atoms with E-state index in [0.717, 1.165) is 16.1 Å². The minimum Gasteiger partial charge on any atom is -0.389 e. The first-order valence-electron chi connectivity index (χ1n) is 6.02. The summed E-state index contributed by atoms with van der Waals surface area (Å²) in [4.78, 5) is 25.3. The van der Waals surface area contributed by atoms with Gasteiger partial charge in [-0.25, -0.2) is 0 Å². The van der Waals surface area contributed by atoms with Crippen LogP contribution in [0.1, 0.15) is 25.0 Å². The molecule has 0 spiro atoms. The zero-order valence-electron chi connectivity index (χ0n) is 10.6. The molecule has 2 rings (SSSR count). The standard InChI is InChI=1S/C13H16N2O3S/c1-8(16)9-2-3-10-11(6-9)19-7-13(18)15(10)5-4-12(14)17/h2-3,6,8,16H,4-5,7H2,1H3,(H2,14,17). The molecular formula is C13H16N2O3S. The molecule has 0 fully saturated rings. The Morgan fingerprint density at radius 3 is 2.95 bits per heavy atom. The van der Waals surface area contributed by atoms with Crippen LogP contribution in [0.5, 0.6) is 0 Å². The number of amides is 2. The van der Waals surface area contributed by atoms with Crippen molar-refractivity contribution < 1.29 is 14.7 Å². The number of carbonyl (C=O) groups excluding carboxylic acids is 2. The van der Waals surface area contributed by atoms with Gasteiger partial charge in [0.2, 0.25) is 11.8 Å². The fourth-order valence-electron chi connectivity index (χ4n) is 1.95. The number of aliphatic hydroxyl groups excluding tert-OH is 1. The lowest BCUT2D eigenvalue weighted by Crippen LogP contribution is -2.37. The second kappa shape index (κ2) is 5.63. The highest BCUT2D eigenvalue weighted by atomic mass is 32.2. The molecule has 1 unspecified atom stereocenters. The maximum absolute atomic E-state index is 11.9.